The summed E-state index contributed by atoms with van der Waals surface area (Å²) >= 11 is 0. The van der Waals surface area contributed by atoms with Gasteiger partial charge in [0, 0.05) is 11.1 Å². The Morgan fingerprint density at radius 2 is 1.93 bits per heavy atom. The summed E-state index contributed by atoms with van der Waals surface area (Å²) in [5.74, 6) is -0.817. The number of H-pyrrole nitrogens is 1. The third kappa shape index (κ3) is 4.28. The van der Waals surface area contributed by atoms with E-state index in [0.717, 1.165) is 5.56 Å². The van der Waals surface area contributed by atoms with E-state index in [-0.39, 0.29) is 17.4 Å². The first-order valence-corrected chi connectivity index (χ1v) is 8.35. The Morgan fingerprint density at radius 1 is 1.22 bits per heavy atom. The number of carbonyl (C=O) groups excluding carboxylic acids is 1. The van der Waals surface area contributed by atoms with Crippen LogP contribution in [0.4, 0.5) is 4.39 Å². The van der Waals surface area contributed by atoms with Gasteiger partial charge in [-0.1, -0.05) is 30.3 Å². The lowest BCUT2D eigenvalue weighted by atomic mass is 10.0. The fourth-order valence-corrected chi connectivity index (χ4v) is 2.66. The molecule has 0 aliphatic rings. The zero-order chi connectivity index (χ0) is 19.2. The van der Waals surface area contributed by atoms with Gasteiger partial charge in [0.1, 0.15) is 17.5 Å². The van der Waals surface area contributed by atoms with Gasteiger partial charge in [0.15, 0.2) is 0 Å². The summed E-state index contributed by atoms with van der Waals surface area (Å²) < 4.78 is 13.1. The molecule has 1 heterocycles. The van der Waals surface area contributed by atoms with Gasteiger partial charge >= 0.3 is 0 Å². The second-order valence-corrected chi connectivity index (χ2v) is 5.98. The molecule has 1 amide bonds. The Bertz CT molecular complexity index is 1000. The van der Waals surface area contributed by atoms with Crippen LogP contribution in [-0.2, 0) is 4.79 Å². The topological polar surface area (TPSA) is 81.6 Å². The van der Waals surface area contributed by atoms with E-state index in [9.17, 15) is 14.4 Å². The highest BCUT2D eigenvalue weighted by Crippen LogP contribution is 2.23. The summed E-state index contributed by atoms with van der Waals surface area (Å²) in [6, 6.07) is 17.1. The molecule has 0 bridgehead atoms. The summed E-state index contributed by atoms with van der Waals surface area (Å²) in [7, 11) is 0. The number of carbonyl (C=O) groups is 1. The lowest BCUT2D eigenvalue weighted by Crippen LogP contribution is -2.27. The van der Waals surface area contributed by atoms with E-state index < -0.39 is 5.91 Å². The number of hydrogen-bond acceptors (Lipinski definition) is 3. The van der Waals surface area contributed by atoms with Crippen LogP contribution in [0.15, 0.2) is 66.4 Å². The number of nitriles is 1. The molecular formula is C21H17FN4O. The molecule has 27 heavy (non-hydrogen) atoms. The molecular weight excluding hydrogens is 343 g/mol. The van der Waals surface area contributed by atoms with E-state index in [2.05, 4.69) is 15.5 Å². The van der Waals surface area contributed by atoms with Gasteiger partial charge in [-0.15, -0.1) is 0 Å². The fourth-order valence-electron chi connectivity index (χ4n) is 2.66. The van der Waals surface area contributed by atoms with E-state index in [1.807, 2.05) is 43.3 Å². The zero-order valence-electron chi connectivity index (χ0n) is 14.6. The van der Waals surface area contributed by atoms with Crippen molar-refractivity contribution in [3.05, 3.63) is 83.3 Å². The number of aromatic amines is 1. The second kappa shape index (κ2) is 8.11. The molecule has 0 unspecified atom stereocenters. The number of benzene rings is 2. The largest absolute Gasteiger partial charge is 0.345 e. The third-order valence-electron chi connectivity index (χ3n) is 4.11. The molecule has 5 nitrogen and oxygen atoms in total. The van der Waals surface area contributed by atoms with Crippen molar-refractivity contribution >= 4 is 12.0 Å². The van der Waals surface area contributed by atoms with Crippen molar-refractivity contribution in [2.24, 2.45) is 0 Å². The van der Waals surface area contributed by atoms with Crippen LogP contribution in [0.5, 0.6) is 0 Å². The van der Waals surface area contributed by atoms with Crippen LogP contribution in [0.3, 0.4) is 0 Å². The molecule has 3 aromatic rings. The molecule has 2 N–H and O–H groups in total. The van der Waals surface area contributed by atoms with Gasteiger partial charge < -0.3 is 5.32 Å². The molecule has 0 radical (unpaired) electrons. The lowest BCUT2D eigenvalue weighted by Gasteiger charge is -2.13. The maximum Gasteiger partial charge on any atom is 0.262 e. The van der Waals surface area contributed by atoms with Crippen LogP contribution in [0.2, 0.25) is 0 Å². The van der Waals surface area contributed by atoms with Gasteiger partial charge in [-0.05, 0) is 42.8 Å². The third-order valence-corrected chi connectivity index (χ3v) is 4.11. The van der Waals surface area contributed by atoms with Crippen molar-refractivity contribution in [1.29, 1.82) is 5.26 Å². The first kappa shape index (κ1) is 18.1. The monoisotopic (exact) mass is 360 g/mol. The summed E-state index contributed by atoms with van der Waals surface area (Å²) in [5.41, 5.74) is 2.78. The standard InChI is InChI=1S/C21H17FN4O/c1-14(15-5-3-2-4-6-15)25-21(27)17(12-23)11-18-13-24-26-20(18)16-7-9-19(22)10-8-16/h2-11,13-14H,1H3,(H,24,26)(H,25,27)/b17-11-/t14-/m1/s1. The number of hydrogen-bond donors (Lipinski definition) is 2. The van der Waals surface area contributed by atoms with E-state index >= 15 is 0 Å². The minimum atomic E-state index is -0.472. The van der Waals surface area contributed by atoms with Crippen molar-refractivity contribution in [1.82, 2.24) is 15.5 Å². The van der Waals surface area contributed by atoms with Crippen LogP contribution >= 0.6 is 0 Å². The zero-order valence-corrected chi connectivity index (χ0v) is 14.6. The van der Waals surface area contributed by atoms with Gasteiger partial charge in [-0.2, -0.15) is 10.4 Å². The maximum atomic E-state index is 13.1. The molecule has 0 saturated heterocycles. The summed E-state index contributed by atoms with van der Waals surface area (Å²) in [6.45, 7) is 1.85. The van der Waals surface area contributed by atoms with E-state index in [1.165, 1.54) is 24.4 Å². The number of aromatic nitrogens is 2. The highest BCUT2D eigenvalue weighted by Gasteiger charge is 2.15. The average Bonchev–Trinajstić information content (AvgIpc) is 3.15. The number of amides is 1. The van der Waals surface area contributed by atoms with Gasteiger partial charge in [0.2, 0.25) is 0 Å². The van der Waals surface area contributed by atoms with E-state index in [1.54, 1.807) is 12.1 Å². The van der Waals surface area contributed by atoms with Crippen LogP contribution in [0.1, 0.15) is 24.1 Å². The Balaban J connectivity index is 1.83. The van der Waals surface area contributed by atoms with Crippen molar-refractivity contribution in [2.45, 2.75) is 13.0 Å². The fraction of sp³-hybridized carbons (Fsp3) is 0.0952. The predicted molar refractivity (Wildman–Crippen MR) is 101 cm³/mol. The van der Waals surface area contributed by atoms with E-state index in [4.69, 9.17) is 0 Å². The molecule has 0 spiro atoms. The molecule has 1 atom stereocenters. The normalized spacial score (nSPS) is 12.3. The average molecular weight is 360 g/mol. The highest BCUT2D eigenvalue weighted by molar-refractivity contribution is 6.02. The summed E-state index contributed by atoms with van der Waals surface area (Å²) in [4.78, 5) is 12.5. The van der Waals surface area contributed by atoms with Crippen molar-refractivity contribution in [2.75, 3.05) is 0 Å². The molecule has 0 aliphatic heterocycles. The van der Waals surface area contributed by atoms with Crippen molar-refractivity contribution < 1.29 is 9.18 Å². The van der Waals surface area contributed by atoms with Gasteiger partial charge in [0.05, 0.1) is 17.9 Å². The molecule has 0 fully saturated rings. The van der Waals surface area contributed by atoms with Crippen LogP contribution < -0.4 is 5.32 Å². The molecule has 6 heteroatoms. The molecule has 134 valence electrons. The van der Waals surface area contributed by atoms with E-state index in [0.29, 0.717) is 16.8 Å². The number of nitrogens with one attached hydrogen (secondary N) is 2. The first-order valence-electron chi connectivity index (χ1n) is 8.35. The maximum absolute atomic E-state index is 13.1. The minimum Gasteiger partial charge on any atom is -0.345 e. The highest BCUT2D eigenvalue weighted by atomic mass is 19.1. The molecule has 3 rings (SSSR count). The number of rotatable bonds is 5. The molecule has 2 aromatic carbocycles. The van der Waals surface area contributed by atoms with Crippen molar-refractivity contribution in [3.63, 3.8) is 0 Å². The minimum absolute atomic E-state index is 0.0393. The van der Waals surface area contributed by atoms with Gasteiger partial charge in [-0.25, -0.2) is 4.39 Å². The summed E-state index contributed by atoms with van der Waals surface area (Å²) in [6.07, 6.45) is 2.99. The predicted octanol–water partition coefficient (Wildman–Crippen LogP) is 4.00. The van der Waals surface area contributed by atoms with Crippen LogP contribution in [-0.4, -0.2) is 16.1 Å². The Labute approximate surface area is 156 Å². The van der Waals surface area contributed by atoms with Crippen molar-refractivity contribution in [3.8, 4) is 17.3 Å². The molecule has 0 saturated carbocycles. The summed E-state index contributed by atoms with van der Waals surface area (Å²) in [5, 5.41) is 19.0. The second-order valence-electron chi connectivity index (χ2n) is 5.98. The Hall–Kier alpha value is -3.72. The van der Waals surface area contributed by atoms with Crippen LogP contribution in [0, 0.1) is 17.1 Å². The quantitative estimate of drug-likeness (QED) is 0.533. The van der Waals surface area contributed by atoms with Gasteiger partial charge in [0.25, 0.3) is 5.91 Å². The van der Waals surface area contributed by atoms with Gasteiger partial charge in [-0.3, -0.25) is 9.89 Å². The first-order chi connectivity index (χ1) is 13.1. The Kier molecular flexibility index (Phi) is 5.43. The number of halogens is 1. The SMILES string of the molecule is C[C@@H](NC(=O)/C(C#N)=C\c1cn[nH]c1-c1ccc(F)cc1)c1ccccc1. The lowest BCUT2D eigenvalue weighted by molar-refractivity contribution is -0.117. The van der Waals surface area contributed by atoms with Crippen LogP contribution in [0.25, 0.3) is 17.3 Å². The Morgan fingerprint density at radius 3 is 2.59 bits per heavy atom. The smallest absolute Gasteiger partial charge is 0.262 e. The molecule has 1 aromatic heterocycles. The number of nitrogens with zero attached hydrogens (tertiary/aromatic N) is 2. The molecule has 0 aliphatic carbocycles.